The van der Waals surface area contributed by atoms with Gasteiger partial charge < -0.3 is 5.11 Å². The Balaban J connectivity index is 1.48. The number of piperidine rings is 2. The van der Waals surface area contributed by atoms with Gasteiger partial charge in [0.25, 0.3) is 10.2 Å². The molecule has 8 heteroatoms. The third-order valence-electron chi connectivity index (χ3n) is 5.88. The van der Waals surface area contributed by atoms with Gasteiger partial charge in [-0.1, -0.05) is 36.8 Å². The normalized spacial score (nSPS) is 22.9. The molecule has 2 N–H and O–H groups in total. The fourth-order valence-electron chi connectivity index (χ4n) is 4.20. The van der Waals surface area contributed by atoms with Crippen molar-refractivity contribution >= 4 is 16.2 Å². The van der Waals surface area contributed by atoms with E-state index in [1.807, 2.05) is 6.07 Å². The third kappa shape index (κ3) is 5.76. The Morgan fingerprint density at radius 1 is 1.07 bits per heavy atom. The summed E-state index contributed by atoms with van der Waals surface area (Å²) in [6, 6.07) is 10.8. The van der Waals surface area contributed by atoms with Crippen molar-refractivity contribution in [2.24, 2.45) is 5.92 Å². The second-order valence-corrected chi connectivity index (χ2v) is 9.56. The summed E-state index contributed by atoms with van der Waals surface area (Å²) in [5.74, 6) is -1.26. The molecule has 2 aliphatic heterocycles. The van der Waals surface area contributed by atoms with Crippen LogP contribution in [-0.4, -0.2) is 60.9 Å². The van der Waals surface area contributed by atoms with Crippen molar-refractivity contribution in [2.75, 3.05) is 26.2 Å². The lowest BCUT2D eigenvalue weighted by molar-refractivity contribution is -0.142. The number of likely N-dealkylation sites (tertiary alicyclic amines) is 1. The number of nitrogens with zero attached hydrogens (tertiary/aromatic N) is 2. The largest absolute Gasteiger partial charge is 0.481 e. The van der Waals surface area contributed by atoms with Crippen molar-refractivity contribution in [3.63, 3.8) is 0 Å². The molecule has 1 aromatic carbocycles. The summed E-state index contributed by atoms with van der Waals surface area (Å²) in [4.78, 5) is 13.5. The maximum absolute atomic E-state index is 12.5. The first-order chi connectivity index (χ1) is 13.5. The lowest BCUT2D eigenvalue weighted by atomic mass is 9.98. The predicted octanol–water partition coefficient (Wildman–Crippen LogP) is 2.06. The Hall–Kier alpha value is -1.48. The van der Waals surface area contributed by atoms with Gasteiger partial charge in [-0.2, -0.15) is 12.7 Å². The highest BCUT2D eigenvalue weighted by Crippen LogP contribution is 2.22. The van der Waals surface area contributed by atoms with Gasteiger partial charge in [-0.05, 0) is 44.2 Å². The molecular weight excluding hydrogens is 378 g/mol. The molecule has 3 rings (SSSR count). The van der Waals surface area contributed by atoms with Gasteiger partial charge in [-0.3, -0.25) is 9.69 Å². The van der Waals surface area contributed by atoms with Gasteiger partial charge in [-0.25, -0.2) is 4.72 Å². The van der Waals surface area contributed by atoms with Gasteiger partial charge in [0.05, 0.1) is 5.92 Å². The first-order valence-electron chi connectivity index (χ1n) is 10.2. The molecule has 2 aliphatic rings. The van der Waals surface area contributed by atoms with E-state index in [-0.39, 0.29) is 13.1 Å². The molecule has 2 saturated heterocycles. The zero-order chi connectivity index (χ0) is 20.0. The molecule has 1 unspecified atom stereocenters. The molecule has 28 heavy (non-hydrogen) atoms. The quantitative estimate of drug-likeness (QED) is 0.686. The molecule has 0 radical (unpaired) electrons. The Labute approximate surface area is 167 Å². The minimum atomic E-state index is -3.54. The summed E-state index contributed by atoms with van der Waals surface area (Å²) in [5, 5.41) is 9.06. The minimum Gasteiger partial charge on any atom is -0.481 e. The van der Waals surface area contributed by atoms with Gasteiger partial charge in [0.15, 0.2) is 0 Å². The highest BCUT2D eigenvalue weighted by Gasteiger charge is 2.31. The summed E-state index contributed by atoms with van der Waals surface area (Å²) in [6.07, 6.45) is 5.02. The van der Waals surface area contributed by atoms with Gasteiger partial charge >= 0.3 is 5.97 Å². The average Bonchev–Trinajstić information content (AvgIpc) is 2.70. The van der Waals surface area contributed by atoms with E-state index in [1.165, 1.54) is 22.7 Å². The van der Waals surface area contributed by atoms with E-state index in [0.29, 0.717) is 25.4 Å². The highest BCUT2D eigenvalue weighted by atomic mass is 32.2. The number of carboxylic acids is 1. The average molecular weight is 410 g/mol. The number of carboxylic acid groups (broad SMARTS) is 1. The predicted molar refractivity (Wildman–Crippen MR) is 108 cm³/mol. The van der Waals surface area contributed by atoms with Gasteiger partial charge in [0, 0.05) is 32.2 Å². The summed E-state index contributed by atoms with van der Waals surface area (Å²) in [7, 11) is -3.54. The molecule has 1 aromatic rings. The number of benzene rings is 1. The van der Waals surface area contributed by atoms with Crippen LogP contribution in [0.25, 0.3) is 0 Å². The van der Waals surface area contributed by atoms with E-state index in [0.717, 1.165) is 25.9 Å². The third-order valence-corrected chi connectivity index (χ3v) is 7.50. The van der Waals surface area contributed by atoms with E-state index in [9.17, 15) is 13.2 Å². The Kier molecular flexibility index (Phi) is 7.45. The highest BCUT2D eigenvalue weighted by molar-refractivity contribution is 7.87. The van der Waals surface area contributed by atoms with Crippen molar-refractivity contribution in [1.82, 2.24) is 13.9 Å². The summed E-state index contributed by atoms with van der Waals surface area (Å²) in [6.45, 7) is 2.92. The molecule has 0 amide bonds. The van der Waals surface area contributed by atoms with Crippen LogP contribution in [0.2, 0.25) is 0 Å². The fourth-order valence-corrected chi connectivity index (χ4v) is 5.45. The lowest BCUT2D eigenvalue weighted by Crippen LogP contribution is -2.47. The number of rotatable bonds is 8. The second-order valence-electron chi connectivity index (χ2n) is 7.81. The SMILES string of the molecule is O=C(O)C1CCN(S(=O)(=O)NCCC2CCCCN2Cc2ccccc2)CC1. The Bertz CT molecular complexity index is 733. The van der Waals surface area contributed by atoms with Crippen LogP contribution in [0, 0.1) is 5.92 Å². The van der Waals surface area contributed by atoms with Crippen molar-refractivity contribution in [1.29, 1.82) is 0 Å². The number of nitrogens with one attached hydrogen (secondary N) is 1. The van der Waals surface area contributed by atoms with Crippen molar-refractivity contribution in [3.05, 3.63) is 35.9 Å². The van der Waals surface area contributed by atoms with E-state index in [4.69, 9.17) is 5.11 Å². The first-order valence-corrected chi connectivity index (χ1v) is 11.7. The smallest absolute Gasteiger partial charge is 0.306 e. The number of carbonyl (C=O) groups is 1. The molecule has 0 bridgehead atoms. The second kappa shape index (κ2) is 9.82. The van der Waals surface area contributed by atoms with E-state index in [2.05, 4.69) is 33.9 Å². The molecule has 0 saturated carbocycles. The van der Waals surface area contributed by atoms with Gasteiger partial charge in [0.1, 0.15) is 0 Å². The molecule has 2 fully saturated rings. The molecular formula is C20H31N3O4S. The molecule has 0 aliphatic carbocycles. The van der Waals surface area contributed by atoms with Crippen LogP contribution in [0.3, 0.4) is 0 Å². The van der Waals surface area contributed by atoms with E-state index in [1.54, 1.807) is 0 Å². The van der Waals surface area contributed by atoms with Crippen molar-refractivity contribution < 1.29 is 18.3 Å². The maximum Gasteiger partial charge on any atom is 0.306 e. The number of hydrogen-bond donors (Lipinski definition) is 2. The van der Waals surface area contributed by atoms with Crippen LogP contribution in [0.15, 0.2) is 30.3 Å². The Morgan fingerprint density at radius 2 is 1.79 bits per heavy atom. The number of aliphatic carboxylic acids is 1. The Morgan fingerprint density at radius 3 is 2.46 bits per heavy atom. The fraction of sp³-hybridized carbons (Fsp3) is 0.650. The monoisotopic (exact) mass is 409 g/mol. The molecule has 1 atom stereocenters. The van der Waals surface area contributed by atoms with Crippen molar-refractivity contribution in [2.45, 2.75) is 51.1 Å². The summed E-state index contributed by atoms with van der Waals surface area (Å²) >= 11 is 0. The van der Waals surface area contributed by atoms with Crippen LogP contribution in [0.4, 0.5) is 0 Å². The molecule has 0 spiro atoms. The number of hydrogen-bond acceptors (Lipinski definition) is 4. The molecule has 2 heterocycles. The van der Waals surface area contributed by atoms with Crippen LogP contribution in [-0.2, 0) is 21.5 Å². The lowest BCUT2D eigenvalue weighted by Gasteiger charge is -2.36. The van der Waals surface area contributed by atoms with Gasteiger partial charge in [-0.15, -0.1) is 0 Å². The van der Waals surface area contributed by atoms with Crippen LogP contribution in [0.5, 0.6) is 0 Å². The molecule has 156 valence electrons. The standard InChI is InChI=1S/C20H31N3O4S/c24-20(25)18-10-14-23(15-11-18)28(26,27)21-12-9-19-8-4-5-13-22(19)16-17-6-2-1-3-7-17/h1-3,6-7,18-19,21H,4-5,8-16H2,(H,24,25). The summed E-state index contributed by atoms with van der Waals surface area (Å²) < 4.78 is 29.2. The first kappa shape index (κ1) is 21.2. The van der Waals surface area contributed by atoms with E-state index >= 15 is 0 Å². The van der Waals surface area contributed by atoms with Crippen molar-refractivity contribution in [3.8, 4) is 0 Å². The maximum atomic E-state index is 12.5. The zero-order valence-corrected chi connectivity index (χ0v) is 17.1. The van der Waals surface area contributed by atoms with Crippen LogP contribution < -0.4 is 4.72 Å². The molecule has 7 nitrogen and oxygen atoms in total. The zero-order valence-electron chi connectivity index (χ0n) is 16.3. The van der Waals surface area contributed by atoms with Crippen LogP contribution in [0.1, 0.15) is 44.1 Å². The topological polar surface area (TPSA) is 90.0 Å². The minimum absolute atomic E-state index is 0.274. The molecule has 0 aromatic heterocycles. The van der Waals surface area contributed by atoms with Gasteiger partial charge in [0.2, 0.25) is 0 Å². The van der Waals surface area contributed by atoms with E-state index < -0.39 is 22.1 Å². The van der Waals surface area contributed by atoms with Crippen LogP contribution >= 0.6 is 0 Å². The summed E-state index contributed by atoms with van der Waals surface area (Å²) in [5.41, 5.74) is 1.29.